The number of hydrogen-bond acceptors (Lipinski definition) is 3. The van der Waals surface area contributed by atoms with Gasteiger partial charge in [0.2, 0.25) is 5.91 Å². The van der Waals surface area contributed by atoms with Gasteiger partial charge in [0.25, 0.3) is 0 Å². The first kappa shape index (κ1) is 17.4. The topological polar surface area (TPSA) is 58.4 Å². The number of hydrogen-bond donors (Lipinski definition) is 2. The van der Waals surface area contributed by atoms with Crippen molar-refractivity contribution < 1.29 is 4.79 Å². The van der Waals surface area contributed by atoms with Gasteiger partial charge in [-0.05, 0) is 32.2 Å². The van der Waals surface area contributed by atoms with Gasteiger partial charge in [-0.25, -0.2) is 0 Å². The lowest BCUT2D eigenvalue weighted by Gasteiger charge is -2.27. The van der Waals surface area contributed by atoms with E-state index in [4.69, 9.17) is 5.73 Å². The monoisotopic (exact) mass is 257 g/mol. The Bertz CT molecular complexity index is 219. The highest BCUT2D eigenvalue weighted by Crippen LogP contribution is 2.03. The molecule has 0 spiro atoms. The highest BCUT2D eigenvalue weighted by Gasteiger charge is 2.19. The van der Waals surface area contributed by atoms with Crippen LogP contribution < -0.4 is 11.1 Å². The van der Waals surface area contributed by atoms with E-state index in [1.165, 1.54) is 0 Å². The molecule has 4 heteroatoms. The number of nitrogens with one attached hydrogen (secondary N) is 1. The molecule has 0 saturated heterocycles. The summed E-state index contributed by atoms with van der Waals surface area (Å²) in [6.45, 7) is 11.6. The second-order valence-electron chi connectivity index (χ2n) is 5.33. The fourth-order valence-corrected chi connectivity index (χ4v) is 1.82. The highest BCUT2D eigenvalue weighted by molar-refractivity contribution is 5.81. The standard InChI is InChI=1S/C14H31N3O/c1-5-6-10-17(11-8-15)13(4)14(18)16-9-7-12(2)3/h12-13H,5-11,15H2,1-4H3,(H,16,18). The summed E-state index contributed by atoms with van der Waals surface area (Å²) in [5, 5.41) is 3.01. The van der Waals surface area contributed by atoms with E-state index in [1.54, 1.807) is 0 Å². The molecule has 0 aliphatic rings. The van der Waals surface area contributed by atoms with Gasteiger partial charge in [-0.2, -0.15) is 0 Å². The van der Waals surface area contributed by atoms with E-state index < -0.39 is 0 Å². The first-order valence-electron chi connectivity index (χ1n) is 7.24. The molecule has 0 radical (unpaired) electrons. The quantitative estimate of drug-likeness (QED) is 0.625. The van der Waals surface area contributed by atoms with Crippen molar-refractivity contribution in [2.75, 3.05) is 26.2 Å². The van der Waals surface area contributed by atoms with Crippen molar-refractivity contribution in [3.05, 3.63) is 0 Å². The maximum atomic E-state index is 12.0. The number of nitrogens with zero attached hydrogens (tertiary/aromatic N) is 1. The van der Waals surface area contributed by atoms with E-state index in [0.717, 1.165) is 38.9 Å². The molecule has 0 bridgehead atoms. The molecule has 0 fully saturated rings. The van der Waals surface area contributed by atoms with Gasteiger partial charge in [-0.15, -0.1) is 0 Å². The lowest BCUT2D eigenvalue weighted by atomic mass is 10.1. The fourth-order valence-electron chi connectivity index (χ4n) is 1.82. The number of nitrogens with two attached hydrogens (primary N) is 1. The Morgan fingerprint density at radius 2 is 1.94 bits per heavy atom. The van der Waals surface area contributed by atoms with Crippen LogP contribution in [0, 0.1) is 5.92 Å². The van der Waals surface area contributed by atoms with Crippen LogP contribution in [0.3, 0.4) is 0 Å². The van der Waals surface area contributed by atoms with Crippen molar-refractivity contribution in [2.24, 2.45) is 11.7 Å². The van der Waals surface area contributed by atoms with E-state index >= 15 is 0 Å². The zero-order chi connectivity index (χ0) is 14.0. The molecule has 1 unspecified atom stereocenters. The number of unbranched alkanes of at least 4 members (excludes halogenated alkanes) is 1. The highest BCUT2D eigenvalue weighted by atomic mass is 16.2. The van der Waals surface area contributed by atoms with E-state index in [1.807, 2.05) is 6.92 Å². The summed E-state index contributed by atoms with van der Waals surface area (Å²) < 4.78 is 0. The van der Waals surface area contributed by atoms with Crippen molar-refractivity contribution in [1.29, 1.82) is 0 Å². The first-order chi connectivity index (χ1) is 8.52. The van der Waals surface area contributed by atoms with E-state index in [9.17, 15) is 4.79 Å². The van der Waals surface area contributed by atoms with Crippen LogP contribution in [-0.2, 0) is 4.79 Å². The van der Waals surface area contributed by atoms with Crippen LogP contribution in [0.25, 0.3) is 0 Å². The zero-order valence-corrected chi connectivity index (χ0v) is 12.5. The Morgan fingerprint density at radius 3 is 2.44 bits per heavy atom. The van der Waals surface area contributed by atoms with Gasteiger partial charge in [0, 0.05) is 19.6 Å². The second kappa shape index (κ2) is 10.3. The van der Waals surface area contributed by atoms with Crippen LogP contribution in [0.5, 0.6) is 0 Å². The normalized spacial score (nSPS) is 13.1. The van der Waals surface area contributed by atoms with Crippen molar-refractivity contribution in [3.8, 4) is 0 Å². The minimum Gasteiger partial charge on any atom is -0.355 e. The summed E-state index contributed by atoms with van der Waals surface area (Å²) in [6.07, 6.45) is 3.29. The molecule has 1 atom stereocenters. The molecule has 0 aromatic rings. The average Bonchev–Trinajstić information content (AvgIpc) is 2.33. The van der Waals surface area contributed by atoms with Crippen LogP contribution in [0.2, 0.25) is 0 Å². The van der Waals surface area contributed by atoms with Crippen LogP contribution in [-0.4, -0.2) is 43.0 Å². The smallest absolute Gasteiger partial charge is 0.237 e. The Kier molecular flexibility index (Phi) is 9.98. The molecule has 18 heavy (non-hydrogen) atoms. The maximum Gasteiger partial charge on any atom is 0.237 e. The van der Waals surface area contributed by atoms with Crippen molar-refractivity contribution in [2.45, 2.75) is 53.0 Å². The molecule has 0 aliphatic carbocycles. The lowest BCUT2D eigenvalue weighted by molar-refractivity contribution is -0.125. The predicted molar refractivity (Wildman–Crippen MR) is 77.5 cm³/mol. The van der Waals surface area contributed by atoms with Crippen molar-refractivity contribution >= 4 is 5.91 Å². The Labute approximate surface area is 112 Å². The molecular formula is C14H31N3O. The zero-order valence-electron chi connectivity index (χ0n) is 12.5. The molecule has 0 aliphatic heterocycles. The minimum atomic E-state index is -0.0766. The third kappa shape index (κ3) is 7.67. The first-order valence-corrected chi connectivity index (χ1v) is 7.24. The summed E-state index contributed by atoms with van der Waals surface area (Å²) in [5.74, 6) is 0.751. The number of rotatable bonds is 10. The number of carbonyl (C=O) groups is 1. The van der Waals surface area contributed by atoms with E-state index in [2.05, 4.69) is 31.0 Å². The molecule has 4 nitrogen and oxygen atoms in total. The SMILES string of the molecule is CCCCN(CCN)C(C)C(=O)NCCC(C)C. The van der Waals surface area contributed by atoms with Crippen molar-refractivity contribution in [3.63, 3.8) is 0 Å². The molecule has 0 rings (SSSR count). The molecule has 1 amide bonds. The molecular weight excluding hydrogens is 226 g/mol. The summed E-state index contributed by atoms with van der Waals surface area (Å²) in [6, 6.07) is -0.0766. The van der Waals surface area contributed by atoms with Gasteiger partial charge in [0.15, 0.2) is 0 Å². The van der Waals surface area contributed by atoms with Gasteiger partial charge >= 0.3 is 0 Å². The van der Waals surface area contributed by atoms with E-state index in [0.29, 0.717) is 12.5 Å². The van der Waals surface area contributed by atoms with Gasteiger partial charge in [-0.3, -0.25) is 9.69 Å². The van der Waals surface area contributed by atoms with Gasteiger partial charge < -0.3 is 11.1 Å². The van der Waals surface area contributed by atoms with Crippen molar-refractivity contribution in [1.82, 2.24) is 10.2 Å². The fraction of sp³-hybridized carbons (Fsp3) is 0.929. The van der Waals surface area contributed by atoms with Gasteiger partial charge in [-0.1, -0.05) is 27.2 Å². The predicted octanol–water partition coefficient (Wildman–Crippen LogP) is 1.60. The summed E-state index contributed by atoms with van der Waals surface area (Å²) in [4.78, 5) is 14.2. The number of carbonyl (C=O) groups excluding carboxylic acids is 1. The minimum absolute atomic E-state index is 0.0766. The van der Waals surface area contributed by atoms with Gasteiger partial charge in [0.1, 0.15) is 0 Å². The van der Waals surface area contributed by atoms with Crippen LogP contribution in [0.1, 0.15) is 47.0 Å². The Morgan fingerprint density at radius 1 is 1.28 bits per heavy atom. The molecule has 3 N–H and O–H groups in total. The van der Waals surface area contributed by atoms with Gasteiger partial charge in [0.05, 0.1) is 6.04 Å². The molecule has 0 aromatic carbocycles. The van der Waals surface area contributed by atoms with E-state index in [-0.39, 0.29) is 11.9 Å². The second-order valence-corrected chi connectivity index (χ2v) is 5.33. The average molecular weight is 257 g/mol. The molecule has 0 aromatic heterocycles. The van der Waals surface area contributed by atoms with Crippen LogP contribution in [0.15, 0.2) is 0 Å². The molecule has 108 valence electrons. The summed E-state index contributed by atoms with van der Waals surface area (Å²) >= 11 is 0. The third-order valence-corrected chi connectivity index (χ3v) is 3.16. The lowest BCUT2D eigenvalue weighted by Crippen LogP contribution is -2.47. The van der Waals surface area contributed by atoms with Crippen LogP contribution >= 0.6 is 0 Å². The summed E-state index contributed by atoms with van der Waals surface area (Å²) in [7, 11) is 0. The summed E-state index contributed by atoms with van der Waals surface area (Å²) in [5.41, 5.74) is 5.61. The van der Waals surface area contributed by atoms with Crippen LogP contribution in [0.4, 0.5) is 0 Å². The largest absolute Gasteiger partial charge is 0.355 e. The maximum absolute atomic E-state index is 12.0. The third-order valence-electron chi connectivity index (χ3n) is 3.16. The molecule has 0 saturated carbocycles. The Hall–Kier alpha value is -0.610. The molecule has 0 heterocycles. The number of amides is 1. The Balaban J connectivity index is 4.10.